The minimum Gasteiger partial charge on any atom is -0.483 e. The normalized spacial score (nSPS) is 11.8. The summed E-state index contributed by atoms with van der Waals surface area (Å²) in [4.78, 5) is 32.5. The number of aryl methyl sites for hydroxylation is 2. The number of hydrogen-bond donors (Lipinski definition) is 2. The molecule has 7 nitrogen and oxygen atoms in total. The van der Waals surface area contributed by atoms with Crippen LogP contribution in [0.2, 0.25) is 0 Å². The van der Waals surface area contributed by atoms with Crippen molar-refractivity contribution in [2.45, 2.75) is 26.5 Å². The largest absolute Gasteiger partial charge is 0.483 e. The average Bonchev–Trinajstić information content (AvgIpc) is 3.09. The fourth-order valence-electron chi connectivity index (χ4n) is 2.73. The lowest BCUT2D eigenvalue weighted by molar-refractivity contribution is 0.0923. The Kier molecular flexibility index (Phi) is 5.40. The van der Waals surface area contributed by atoms with E-state index in [1.54, 1.807) is 24.0 Å². The van der Waals surface area contributed by atoms with Crippen LogP contribution in [-0.2, 0) is 13.7 Å². The number of ether oxygens (including phenoxy) is 1. The first-order valence-corrected chi connectivity index (χ1v) is 8.64. The van der Waals surface area contributed by atoms with Gasteiger partial charge in [0.05, 0.1) is 6.04 Å². The fraction of sp³-hybridized carbons (Fsp3) is 0.250. The standard InChI is InChI=1S/C20H22N4O3/c1-13-11-21-19(22-13)14(2)23-20(26)17-18(16(25)9-10-24(17)3)27-12-15-7-5-4-6-8-15/h4-11,14H,12H2,1-3H3,(H,21,22)(H,23,26). The van der Waals surface area contributed by atoms with E-state index < -0.39 is 5.91 Å². The molecule has 0 bridgehead atoms. The molecule has 2 aromatic heterocycles. The second-order valence-corrected chi connectivity index (χ2v) is 6.39. The molecule has 2 N–H and O–H groups in total. The van der Waals surface area contributed by atoms with Gasteiger partial charge in [-0.05, 0) is 19.4 Å². The zero-order chi connectivity index (χ0) is 19.4. The lowest BCUT2D eigenvalue weighted by Crippen LogP contribution is -2.31. The van der Waals surface area contributed by atoms with Crippen molar-refractivity contribution in [2.24, 2.45) is 7.05 Å². The van der Waals surface area contributed by atoms with Crippen LogP contribution in [0.1, 0.15) is 40.5 Å². The number of H-pyrrole nitrogens is 1. The highest BCUT2D eigenvalue weighted by atomic mass is 16.5. The van der Waals surface area contributed by atoms with Gasteiger partial charge in [-0.3, -0.25) is 9.59 Å². The number of aromatic amines is 1. The molecule has 0 aliphatic heterocycles. The van der Waals surface area contributed by atoms with Gasteiger partial charge in [0.1, 0.15) is 12.4 Å². The van der Waals surface area contributed by atoms with E-state index in [-0.39, 0.29) is 29.5 Å². The first-order chi connectivity index (χ1) is 13.0. The Morgan fingerprint density at radius 1 is 1.30 bits per heavy atom. The number of aromatic nitrogens is 3. The Morgan fingerprint density at radius 2 is 2.04 bits per heavy atom. The van der Waals surface area contributed by atoms with Gasteiger partial charge in [0, 0.05) is 31.2 Å². The molecule has 7 heteroatoms. The highest BCUT2D eigenvalue weighted by Gasteiger charge is 2.21. The first-order valence-electron chi connectivity index (χ1n) is 8.64. The van der Waals surface area contributed by atoms with Crippen molar-refractivity contribution in [3.63, 3.8) is 0 Å². The van der Waals surface area contributed by atoms with Gasteiger partial charge in [-0.15, -0.1) is 0 Å². The molecule has 0 aliphatic carbocycles. The molecular weight excluding hydrogens is 344 g/mol. The van der Waals surface area contributed by atoms with E-state index in [1.807, 2.05) is 44.2 Å². The number of carbonyl (C=O) groups is 1. The third-order valence-corrected chi connectivity index (χ3v) is 4.16. The summed E-state index contributed by atoms with van der Waals surface area (Å²) in [7, 11) is 1.70. The van der Waals surface area contributed by atoms with Crippen LogP contribution >= 0.6 is 0 Å². The third-order valence-electron chi connectivity index (χ3n) is 4.16. The SMILES string of the molecule is Cc1cnc(C(C)NC(=O)c2c(OCc3ccccc3)c(=O)ccn2C)[nH]1. The second-order valence-electron chi connectivity index (χ2n) is 6.39. The van der Waals surface area contributed by atoms with Crippen molar-refractivity contribution >= 4 is 5.91 Å². The molecule has 0 saturated carbocycles. The minimum absolute atomic E-state index is 0.0316. The number of nitrogens with one attached hydrogen (secondary N) is 2. The predicted octanol–water partition coefficient (Wildman–Crippen LogP) is 2.49. The van der Waals surface area contributed by atoms with Crippen LogP contribution in [0.15, 0.2) is 53.6 Å². The molecular formula is C20H22N4O3. The van der Waals surface area contributed by atoms with Crippen molar-refractivity contribution in [1.29, 1.82) is 0 Å². The zero-order valence-electron chi connectivity index (χ0n) is 15.5. The quantitative estimate of drug-likeness (QED) is 0.701. The van der Waals surface area contributed by atoms with Gasteiger partial charge in [-0.25, -0.2) is 4.98 Å². The molecule has 27 heavy (non-hydrogen) atoms. The smallest absolute Gasteiger partial charge is 0.272 e. The van der Waals surface area contributed by atoms with Crippen LogP contribution in [0.5, 0.6) is 5.75 Å². The zero-order valence-corrected chi connectivity index (χ0v) is 15.5. The first kappa shape index (κ1) is 18.4. The van der Waals surface area contributed by atoms with E-state index in [1.165, 1.54) is 6.07 Å². The Labute approximate surface area is 157 Å². The lowest BCUT2D eigenvalue weighted by atomic mass is 10.2. The molecule has 0 radical (unpaired) electrons. The van der Waals surface area contributed by atoms with Crippen LogP contribution in [0.4, 0.5) is 0 Å². The van der Waals surface area contributed by atoms with Crippen LogP contribution in [-0.4, -0.2) is 20.4 Å². The number of rotatable bonds is 6. The number of pyridine rings is 1. The Hall–Kier alpha value is -3.35. The van der Waals surface area contributed by atoms with Crippen LogP contribution in [0.3, 0.4) is 0 Å². The van der Waals surface area contributed by atoms with Crippen molar-refractivity contribution in [2.75, 3.05) is 0 Å². The van der Waals surface area contributed by atoms with E-state index in [0.717, 1.165) is 11.3 Å². The summed E-state index contributed by atoms with van der Waals surface area (Å²) in [5, 5.41) is 2.86. The molecule has 1 atom stereocenters. The Morgan fingerprint density at radius 3 is 2.70 bits per heavy atom. The van der Waals surface area contributed by atoms with Crippen LogP contribution < -0.4 is 15.5 Å². The van der Waals surface area contributed by atoms with Gasteiger partial charge in [0.15, 0.2) is 11.4 Å². The summed E-state index contributed by atoms with van der Waals surface area (Å²) in [5.74, 6) is 0.275. The van der Waals surface area contributed by atoms with Crippen molar-refractivity contribution in [3.05, 3.63) is 81.8 Å². The Bertz CT molecular complexity index is 992. The molecule has 0 aliphatic rings. The molecule has 0 fully saturated rings. The van der Waals surface area contributed by atoms with E-state index in [4.69, 9.17) is 4.74 Å². The fourth-order valence-corrected chi connectivity index (χ4v) is 2.73. The Balaban J connectivity index is 1.84. The molecule has 1 unspecified atom stereocenters. The maximum atomic E-state index is 12.8. The van der Waals surface area contributed by atoms with E-state index >= 15 is 0 Å². The molecule has 2 heterocycles. The van der Waals surface area contributed by atoms with Gasteiger partial charge in [-0.2, -0.15) is 0 Å². The molecule has 1 amide bonds. The topological polar surface area (TPSA) is 89.0 Å². The lowest BCUT2D eigenvalue weighted by Gasteiger charge is -2.17. The summed E-state index contributed by atoms with van der Waals surface area (Å²) >= 11 is 0. The molecule has 140 valence electrons. The van der Waals surface area contributed by atoms with Crippen molar-refractivity contribution in [3.8, 4) is 5.75 Å². The number of nitrogens with zero attached hydrogens (tertiary/aromatic N) is 2. The maximum Gasteiger partial charge on any atom is 0.272 e. The number of imidazole rings is 1. The van der Waals surface area contributed by atoms with Gasteiger partial charge in [-0.1, -0.05) is 30.3 Å². The number of hydrogen-bond acceptors (Lipinski definition) is 4. The third kappa shape index (κ3) is 4.25. The summed E-state index contributed by atoms with van der Waals surface area (Å²) < 4.78 is 7.31. The van der Waals surface area contributed by atoms with Crippen molar-refractivity contribution < 1.29 is 9.53 Å². The molecule has 3 rings (SSSR count). The van der Waals surface area contributed by atoms with Gasteiger partial charge >= 0.3 is 0 Å². The van der Waals surface area contributed by atoms with Crippen LogP contribution in [0, 0.1) is 6.92 Å². The number of amides is 1. The van der Waals surface area contributed by atoms with E-state index in [0.29, 0.717) is 5.82 Å². The molecule has 0 spiro atoms. The van der Waals surface area contributed by atoms with Gasteiger partial charge in [0.25, 0.3) is 5.91 Å². The number of carbonyl (C=O) groups excluding carboxylic acids is 1. The van der Waals surface area contributed by atoms with Crippen molar-refractivity contribution in [1.82, 2.24) is 19.9 Å². The summed E-state index contributed by atoms with van der Waals surface area (Å²) in [6, 6.07) is 10.5. The summed E-state index contributed by atoms with van der Waals surface area (Å²) in [6.07, 6.45) is 3.25. The second kappa shape index (κ2) is 7.90. The van der Waals surface area contributed by atoms with E-state index in [9.17, 15) is 9.59 Å². The van der Waals surface area contributed by atoms with E-state index in [2.05, 4.69) is 15.3 Å². The molecule has 1 aromatic carbocycles. The highest BCUT2D eigenvalue weighted by molar-refractivity contribution is 5.95. The summed E-state index contributed by atoms with van der Waals surface area (Å²) in [5.41, 5.74) is 1.66. The van der Waals surface area contributed by atoms with Crippen LogP contribution in [0.25, 0.3) is 0 Å². The molecule has 3 aromatic rings. The highest BCUT2D eigenvalue weighted by Crippen LogP contribution is 2.17. The monoisotopic (exact) mass is 366 g/mol. The minimum atomic E-state index is -0.403. The summed E-state index contributed by atoms with van der Waals surface area (Å²) in [6.45, 7) is 3.91. The van der Waals surface area contributed by atoms with Gasteiger partial charge in [0.2, 0.25) is 5.43 Å². The average molecular weight is 366 g/mol. The maximum absolute atomic E-state index is 12.8. The number of benzene rings is 1. The predicted molar refractivity (Wildman–Crippen MR) is 102 cm³/mol. The molecule has 0 saturated heterocycles. The van der Waals surface area contributed by atoms with Gasteiger partial charge < -0.3 is 19.6 Å².